The van der Waals surface area contributed by atoms with Gasteiger partial charge >= 0.3 is 0 Å². The van der Waals surface area contributed by atoms with Crippen LogP contribution >= 0.6 is 15.9 Å². The molecule has 2 saturated heterocycles. The first-order valence-electron chi connectivity index (χ1n) is 4.16. The molecule has 0 radical (unpaired) electrons. The Labute approximate surface area is 75.4 Å². The second-order valence-corrected chi connectivity index (χ2v) is 4.07. The third-order valence-electron chi connectivity index (χ3n) is 2.58. The van der Waals surface area contributed by atoms with Crippen molar-refractivity contribution in [2.24, 2.45) is 0 Å². The molecule has 11 heavy (non-hydrogen) atoms. The van der Waals surface area contributed by atoms with Gasteiger partial charge in [-0.2, -0.15) is 0 Å². The normalized spacial score (nSPS) is 43.9. The molecule has 2 rings (SSSR count). The lowest BCUT2D eigenvalue weighted by atomic mass is 9.99. The zero-order valence-corrected chi connectivity index (χ0v) is 8.10. The molecular formula is C8H13BrO2. The monoisotopic (exact) mass is 220 g/mol. The summed E-state index contributed by atoms with van der Waals surface area (Å²) >= 11 is 3.44. The molecule has 2 nitrogen and oxygen atoms in total. The molecule has 64 valence electrons. The van der Waals surface area contributed by atoms with Crippen LogP contribution in [0, 0.1) is 0 Å². The Morgan fingerprint density at radius 3 is 2.91 bits per heavy atom. The molecule has 0 aliphatic carbocycles. The highest BCUT2D eigenvalue weighted by atomic mass is 79.9. The van der Waals surface area contributed by atoms with E-state index in [1.165, 1.54) is 12.8 Å². The smallest absolute Gasteiger partial charge is 0.0941 e. The van der Waals surface area contributed by atoms with Crippen LogP contribution in [0.25, 0.3) is 0 Å². The Balaban J connectivity index is 1.96. The third-order valence-corrected chi connectivity index (χ3v) is 3.30. The number of hydrogen-bond donors (Lipinski definition) is 0. The van der Waals surface area contributed by atoms with E-state index in [-0.39, 0.29) is 5.60 Å². The molecule has 0 saturated carbocycles. The minimum absolute atomic E-state index is 0.110. The highest BCUT2D eigenvalue weighted by Crippen LogP contribution is 2.37. The van der Waals surface area contributed by atoms with Gasteiger partial charge in [0.1, 0.15) is 0 Å². The molecule has 2 heterocycles. The van der Waals surface area contributed by atoms with Gasteiger partial charge in [-0.25, -0.2) is 0 Å². The molecule has 2 unspecified atom stereocenters. The molecule has 2 atom stereocenters. The molecule has 0 aromatic carbocycles. The number of rotatable bonds is 1. The van der Waals surface area contributed by atoms with Crippen molar-refractivity contribution in [3.05, 3.63) is 0 Å². The van der Waals surface area contributed by atoms with Crippen molar-refractivity contribution < 1.29 is 9.47 Å². The number of halogens is 1. The van der Waals surface area contributed by atoms with Crippen molar-refractivity contribution in [2.45, 2.75) is 31.0 Å². The van der Waals surface area contributed by atoms with Gasteiger partial charge in [-0.05, 0) is 12.8 Å². The van der Waals surface area contributed by atoms with Crippen molar-refractivity contribution in [3.63, 3.8) is 0 Å². The molecule has 0 aromatic heterocycles. The van der Waals surface area contributed by atoms with Crippen molar-refractivity contribution in [3.8, 4) is 0 Å². The highest BCUT2D eigenvalue weighted by molar-refractivity contribution is 9.09. The number of hydrogen-bond acceptors (Lipinski definition) is 2. The van der Waals surface area contributed by atoms with E-state index in [0.717, 1.165) is 25.0 Å². The fourth-order valence-corrected chi connectivity index (χ4v) is 2.34. The summed E-state index contributed by atoms with van der Waals surface area (Å²) in [6, 6.07) is 0. The average molecular weight is 221 g/mol. The zero-order valence-electron chi connectivity index (χ0n) is 6.51. The Kier molecular flexibility index (Phi) is 2.21. The lowest BCUT2D eigenvalue weighted by Crippen LogP contribution is -2.29. The van der Waals surface area contributed by atoms with E-state index in [0.29, 0.717) is 6.10 Å². The van der Waals surface area contributed by atoms with E-state index in [9.17, 15) is 0 Å². The molecule has 2 aliphatic heterocycles. The van der Waals surface area contributed by atoms with Crippen LogP contribution in [-0.2, 0) is 9.47 Å². The van der Waals surface area contributed by atoms with Crippen LogP contribution in [0.3, 0.4) is 0 Å². The van der Waals surface area contributed by atoms with Gasteiger partial charge in [0.05, 0.1) is 18.3 Å². The van der Waals surface area contributed by atoms with Crippen LogP contribution in [0.4, 0.5) is 0 Å². The summed E-state index contributed by atoms with van der Waals surface area (Å²) in [7, 11) is 0. The fraction of sp³-hybridized carbons (Fsp3) is 1.00. The Hall–Kier alpha value is 0.400. The first-order valence-corrected chi connectivity index (χ1v) is 5.28. The Morgan fingerprint density at radius 2 is 2.36 bits per heavy atom. The second-order valence-electron chi connectivity index (χ2n) is 3.42. The third kappa shape index (κ3) is 1.46. The highest BCUT2D eigenvalue weighted by Gasteiger charge is 2.42. The van der Waals surface area contributed by atoms with Gasteiger partial charge in [0, 0.05) is 18.4 Å². The fourth-order valence-electron chi connectivity index (χ4n) is 1.88. The van der Waals surface area contributed by atoms with Crippen LogP contribution < -0.4 is 0 Å². The summed E-state index contributed by atoms with van der Waals surface area (Å²) in [5.74, 6) is 0. The van der Waals surface area contributed by atoms with Gasteiger partial charge in [0.25, 0.3) is 0 Å². The van der Waals surface area contributed by atoms with Crippen LogP contribution in [-0.4, -0.2) is 30.2 Å². The van der Waals surface area contributed by atoms with Crippen LogP contribution in [0.2, 0.25) is 0 Å². The lowest BCUT2D eigenvalue weighted by molar-refractivity contribution is -0.0355. The summed E-state index contributed by atoms with van der Waals surface area (Å²) < 4.78 is 11.2. The maximum Gasteiger partial charge on any atom is 0.0941 e. The van der Waals surface area contributed by atoms with E-state index >= 15 is 0 Å². The van der Waals surface area contributed by atoms with Crippen molar-refractivity contribution in [1.29, 1.82) is 0 Å². The molecule has 2 aliphatic rings. The van der Waals surface area contributed by atoms with Gasteiger partial charge in [0.15, 0.2) is 0 Å². The summed E-state index contributed by atoms with van der Waals surface area (Å²) in [6.07, 6.45) is 3.89. The molecule has 0 aromatic rings. The van der Waals surface area contributed by atoms with Gasteiger partial charge in [-0.1, -0.05) is 15.9 Å². The molecule has 3 heteroatoms. The Bertz CT molecular complexity index is 143. The average Bonchev–Trinajstić information content (AvgIpc) is 2.62. The predicted octanol–water partition coefficient (Wildman–Crippen LogP) is 1.72. The second kappa shape index (κ2) is 3.04. The van der Waals surface area contributed by atoms with Gasteiger partial charge < -0.3 is 9.47 Å². The largest absolute Gasteiger partial charge is 0.378 e. The predicted molar refractivity (Wildman–Crippen MR) is 46.1 cm³/mol. The molecule has 0 N–H and O–H groups in total. The van der Waals surface area contributed by atoms with Gasteiger partial charge in [-0.15, -0.1) is 0 Å². The Morgan fingerprint density at radius 1 is 1.45 bits per heavy atom. The van der Waals surface area contributed by atoms with E-state index in [1.54, 1.807) is 0 Å². The molecular weight excluding hydrogens is 208 g/mol. The van der Waals surface area contributed by atoms with Crippen LogP contribution in [0.5, 0.6) is 0 Å². The minimum atomic E-state index is 0.110. The maximum atomic E-state index is 5.89. The standard InChI is InChI=1S/C8H13BrO2/c9-5-7-1-2-8(11-7)3-4-10-6-8/h7H,1-6H2. The van der Waals surface area contributed by atoms with Crippen molar-refractivity contribution in [2.75, 3.05) is 18.5 Å². The van der Waals surface area contributed by atoms with E-state index in [2.05, 4.69) is 15.9 Å². The maximum absolute atomic E-state index is 5.89. The van der Waals surface area contributed by atoms with Crippen molar-refractivity contribution >= 4 is 15.9 Å². The first-order chi connectivity index (χ1) is 5.35. The number of alkyl halides is 1. The quantitative estimate of drug-likeness (QED) is 0.627. The molecule has 2 fully saturated rings. The zero-order chi connectivity index (χ0) is 7.73. The summed E-state index contributed by atoms with van der Waals surface area (Å²) in [6.45, 7) is 1.70. The SMILES string of the molecule is BrCC1CCC2(CCOC2)O1. The molecule has 0 bridgehead atoms. The van der Waals surface area contributed by atoms with Crippen LogP contribution in [0.15, 0.2) is 0 Å². The van der Waals surface area contributed by atoms with Crippen LogP contribution in [0.1, 0.15) is 19.3 Å². The lowest BCUT2D eigenvalue weighted by Gasteiger charge is -2.21. The van der Waals surface area contributed by atoms with E-state index in [4.69, 9.17) is 9.47 Å². The first kappa shape index (κ1) is 8.02. The van der Waals surface area contributed by atoms with E-state index < -0.39 is 0 Å². The van der Waals surface area contributed by atoms with Crippen molar-refractivity contribution in [1.82, 2.24) is 0 Å². The molecule has 0 amide bonds. The van der Waals surface area contributed by atoms with Gasteiger partial charge in [0.2, 0.25) is 0 Å². The summed E-state index contributed by atoms with van der Waals surface area (Å²) in [5, 5.41) is 0.967. The topological polar surface area (TPSA) is 18.5 Å². The number of ether oxygens (including phenoxy) is 2. The molecule has 1 spiro atoms. The van der Waals surface area contributed by atoms with Gasteiger partial charge in [-0.3, -0.25) is 0 Å². The van der Waals surface area contributed by atoms with E-state index in [1.807, 2.05) is 0 Å². The summed E-state index contributed by atoms with van der Waals surface area (Å²) in [4.78, 5) is 0. The summed E-state index contributed by atoms with van der Waals surface area (Å²) in [5.41, 5.74) is 0.110. The minimum Gasteiger partial charge on any atom is -0.378 e.